The third-order valence-electron chi connectivity index (χ3n) is 10.4. The first-order valence-corrected chi connectivity index (χ1v) is 24.9. The Balaban J connectivity index is 3.73. The fourth-order valence-corrected chi connectivity index (χ4v) is 6.60. The second-order valence-corrected chi connectivity index (χ2v) is 16.1. The molecule has 0 aliphatic heterocycles. The van der Waals surface area contributed by atoms with E-state index in [0.29, 0.717) is 6.42 Å². The van der Waals surface area contributed by atoms with E-state index in [0.717, 1.165) is 103 Å². The Morgan fingerprint density at radius 1 is 0.410 bits per heavy atom. The van der Waals surface area contributed by atoms with Crippen LogP contribution in [0.4, 0.5) is 0 Å². The summed E-state index contributed by atoms with van der Waals surface area (Å²) in [4.78, 5) is 12.4. The number of aliphatic hydroxyl groups is 2. The van der Waals surface area contributed by atoms with Crippen LogP contribution in [-0.4, -0.2) is 34.9 Å². The van der Waals surface area contributed by atoms with Gasteiger partial charge in [-0.25, -0.2) is 0 Å². The summed E-state index contributed by atoms with van der Waals surface area (Å²) in [7, 11) is 0. The Hall–Kier alpha value is -3.47. The summed E-state index contributed by atoms with van der Waals surface area (Å²) in [5.41, 5.74) is 0. The third kappa shape index (κ3) is 47.4. The molecule has 0 aromatic heterocycles. The molecule has 0 heterocycles. The molecule has 0 saturated carbocycles. The second-order valence-electron chi connectivity index (χ2n) is 16.1. The van der Waals surface area contributed by atoms with Gasteiger partial charge in [0.1, 0.15) is 0 Å². The fourth-order valence-electron chi connectivity index (χ4n) is 6.60. The molecule has 1 amide bonds. The van der Waals surface area contributed by atoms with Gasteiger partial charge in [-0.05, 0) is 103 Å². The van der Waals surface area contributed by atoms with Gasteiger partial charge in [0.2, 0.25) is 5.91 Å². The van der Waals surface area contributed by atoms with Gasteiger partial charge < -0.3 is 15.5 Å². The third-order valence-corrected chi connectivity index (χ3v) is 10.4. The lowest BCUT2D eigenvalue weighted by molar-refractivity contribution is -0.123. The summed E-state index contributed by atoms with van der Waals surface area (Å²) in [5, 5.41) is 23.0. The van der Waals surface area contributed by atoms with Crippen LogP contribution < -0.4 is 5.32 Å². The summed E-state index contributed by atoms with van der Waals surface area (Å²) >= 11 is 0. The molecule has 2 unspecified atom stereocenters. The molecule has 2 atom stereocenters. The maximum Gasteiger partial charge on any atom is 0.220 e. The van der Waals surface area contributed by atoms with Crippen LogP contribution in [0.5, 0.6) is 0 Å². The van der Waals surface area contributed by atoms with Gasteiger partial charge >= 0.3 is 0 Å². The zero-order valence-corrected chi connectivity index (χ0v) is 39.4. The van der Waals surface area contributed by atoms with Gasteiger partial charge in [0.15, 0.2) is 0 Å². The summed E-state index contributed by atoms with van der Waals surface area (Å²) < 4.78 is 0. The van der Waals surface area contributed by atoms with Crippen molar-refractivity contribution in [3.8, 4) is 0 Å². The number of nitrogens with one attached hydrogen (secondary N) is 1. The highest BCUT2D eigenvalue weighted by molar-refractivity contribution is 5.76. The molecule has 0 bridgehead atoms. The fraction of sp³-hybridized carbons (Fsp3) is 0.596. The number of aliphatic hydroxyl groups excluding tert-OH is 2. The topological polar surface area (TPSA) is 69.6 Å². The first kappa shape index (κ1) is 57.5. The highest BCUT2D eigenvalue weighted by Gasteiger charge is 2.17. The van der Waals surface area contributed by atoms with Crippen molar-refractivity contribution in [2.45, 2.75) is 212 Å². The van der Waals surface area contributed by atoms with E-state index in [1.54, 1.807) is 6.08 Å². The van der Waals surface area contributed by atoms with Crippen molar-refractivity contribution in [1.82, 2.24) is 5.32 Å². The molecule has 0 fully saturated rings. The SMILES string of the molecule is CC/C=C\C/C=C\C/C=C\C/C=C\C/C=C\C/C=C\C/C=C\C/C=C\C/C=C\CCCCCCCC(=O)NC(CO)C(O)/C=C/CC/C=C/CCCCCCCCCCCC. The molecular formula is C57H93NO3. The van der Waals surface area contributed by atoms with Crippen molar-refractivity contribution < 1.29 is 15.0 Å². The van der Waals surface area contributed by atoms with Crippen molar-refractivity contribution in [2.24, 2.45) is 0 Å². The number of hydrogen-bond donors (Lipinski definition) is 3. The average molecular weight is 840 g/mol. The van der Waals surface area contributed by atoms with E-state index in [1.165, 1.54) is 77.0 Å². The maximum atomic E-state index is 12.4. The Morgan fingerprint density at radius 2 is 0.738 bits per heavy atom. The van der Waals surface area contributed by atoms with Crippen molar-refractivity contribution in [3.05, 3.63) is 134 Å². The van der Waals surface area contributed by atoms with E-state index in [1.807, 2.05) is 6.08 Å². The minimum absolute atomic E-state index is 0.0993. The number of carbonyl (C=O) groups is 1. The molecule has 0 rings (SSSR count). The van der Waals surface area contributed by atoms with E-state index in [-0.39, 0.29) is 12.5 Å². The Labute approximate surface area is 377 Å². The number of unbranched alkanes of at least 4 members (excludes halogenated alkanes) is 16. The molecule has 61 heavy (non-hydrogen) atoms. The number of allylic oxidation sites excluding steroid dienone is 21. The lowest BCUT2D eigenvalue weighted by atomic mass is 10.1. The standard InChI is InChI=1S/C57H93NO3/c1-3-5-7-9-11-13-15-17-19-21-22-23-24-25-26-27-28-29-30-31-32-33-34-35-36-37-39-41-43-45-47-49-51-53-57(61)58-55(54-59)56(60)52-50-48-46-44-42-40-38-20-18-16-14-12-10-8-6-4-2/h5,7,11,13,17,19,22-23,25-26,28-29,31-32,34-35,37,39,42,44,50,52,55-56,59-60H,3-4,6,8-10,12,14-16,18,20-21,24,27,30,33,36,38,40-41,43,45-49,51,53-54H2,1-2H3,(H,58,61)/b7-5-,13-11-,19-17-,23-22-,26-25-,29-28-,32-31-,35-34-,39-37-,44-42+,52-50+. The van der Waals surface area contributed by atoms with Gasteiger partial charge in [-0.3, -0.25) is 4.79 Å². The summed E-state index contributed by atoms with van der Waals surface area (Å²) in [6, 6.07) is -0.659. The van der Waals surface area contributed by atoms with Crippen LogP contribution in [0.2, 0.25) is 0 Å². The van der Waals surface area contributed by atoms with Crippen LogP contribution in [-0.2, 0) is 4.79 Å². The maximum absolute atomic E-state index is 12.4. The molecule has 0 radical (unpaired) electrons. The second kappa shape index (κ2) is 50.9. The van der Waals surface area contributed by atoms with Gasteiger partial charge in [0.25, 0.3) is 0 Å². The van der Waals surface area contributed by atoms with E-state index in [2.05, 4.69) is 141 Å². The molecule has 3 N–H and O–H groups in total. The first-order valence-electron chi connectivity index (χ1n) is 24.9. The van der Waals surface area contributed by atoms with E-state index in [4.69, 9.17) is 0 Å². The molecule has 4 heteroatoms. The predicted molar refractivity (Wildman–Crippen MR) is 271 cm³/mol. The summed E-state index contributed by atoms with van der Waals surface area (Å²) in [6.07, 6.45) is 80.0. The van der Waals surface area contributed by atoms with Crippen LogP contribution in [0.25, 0.3) is 0 Å². The number of carbonyl (C=O) groups excluding carboxylic acids is 1. The van der Waals surface area contributed by atoms with Crippen LogP contribution in [0.15, 0.2) is 134 Å². The lowest BCUT2D eigenvalue weighted by Gasteiger charge is -2.19. The molecule has 0 aliphatic carbocycles. The van der Waals surface area contributed by atoms with Crippen molar-refractivity contribution >= 4 is 5.91 Å². The van der Waals surface area contributed by atoms with Crippen LogP contribution in [0, 0.1) is 0 Å². The minimum atomic E-state index is -0.880. The monoisotopic (exact) mass is 840 g/mol. The molecule has 0 aliphatic rings. The van der Waals surface area contributed by atoms with Crippen molar-refractivity contribution in [2.75, 3.05) is 6.61 Å². The molecular weight excluding hydrogens is 747 g/mol. The normalized spacial score (nSPS) is 14.1. The van der Waals surface area contributed by atoms with E-state index in [9.17, 15) is 15.0 Å². The highest BCUT2D eigenvalue weighted by Crippen LogP contribution is 2.12. The van der Waals surface area contributed by atoms with Gasteiger partial charge in [0, 0.05) is 6.42 Å². The van der Waals surface area contributed by atoms with E-state index < -0.39 is 12.1 Å². The molecule has 4 nitrogen and oxygen atoms in total. The number of hydrogen-bond acceptors (Lipinski definition) is 3. The van der Waals surface area contributed by atoms with Crippen LogP contribution >= 0.6 is 0 Å². The summed E-state index contributed by atoms with van der Waals surface area (Å²) in [6.45, 7) is 4.16. The smallest absolute Gasteiger partial charge is 0.220 e. The molecule has 0 spiro atoms. The molecule has 0 aromatic carbocycles. The first-order chi connectivity index (χ1) is 30.2. The highest BCUT2D eigenvalue weighted by atomic mass is 16.3. The molecule has 0 saturated heterocycles. The molecule has 344 valence electrons. The summed E-state index contributed by atoms with van der Waals surface area (Å²) in [5.74, 6) is -0.0993. The zero-order chi connectivity index (χ0) is 44.2. The quantitative estimate of drug-likeness (QED) is 0.0423. The average Bonchev–Trinajstić information content (AvgIpc) is 3.26. The van der Waals surface area contributed by atoms with Crippen LogP contribution in [0.3, 0.4) is 0 Å². The minimum Gasteiger partial charge on any atom is -0.394 e. The van der Waals surface area contributed by atoms with Gasteiger partial charge in [-0.2, -0.15) is 0 Å². The van der Waals surface area contributed by atoms with Gasteiger partial charge in [0.05, 0.1) is 18.8 Å². The van der Waals surface area contributed by atoms with Crippen molar-refractivity contribution in [3.63, 3.8) is 0 Å². The Morgan fingerprint density at radius 3 is 1.15 bits per heavy atom. The zero-order valence-electron chi connectivity index (χ0n) is 39.4. The van der Waals surface area contributed by atoms with Gasteiger partial charge in [-0.15, -0.1) is 0 Å². The van der Waals surface area contributed by atoms with E-state index >= 15 is 0 Å². The lowest BCUT2D eigenvalue weighted by Crippen LogP contribution is -2.45. The Bertz CT molecular complexity index is 1270. The number of rotatable bonds is 43. The Kier molecular flexibility index (Phi) is 48.0. The predicted octanol–water partition coefficient (Wildman–Crippen LogP) is 16.3. The van der Waals surface area contributed by atoms with Gasteiger partial charge in [-0.1, -0.05) is 225 Å². The largest absolute Gasteiger partial charge is 0.394 e. The van der Waals surface area contributed by atoms with Crippen molar-refractivity contribution in [1.29, 1.82) is 0 Å². The number of amides is 1. The van der Waals surface area contributed by atoms with Crippen LogP contribution in [0.1, 0.15) is 200 Å². The molecule has 0 aromatic rings.